The maximum atomic E-state index is 13.4. The molecule has 0 radical (unpaired) electrons. The van der Waals surface area contributed by atoms with E-state index in [9.17, 15) is 9.18 Å². The Bertz CT molecular complexity index is 1100. The summed E-state index contributed by atoms with van der Waals surface area (Å²) in [5, 5.41) is 3.11. The van der Waals surface area contributed by atoms with Gasteiger partial charge in [0.2, 0.25) is 5.91 Å². The summed E-state index contributed by atoms with van der Waals surface area (Å²) in [5.74, 6) is -0.346. The molecular formula is C27H28FN3O. The fraction of sp³-hybridized carbons (Fsp3) is 0.296. The second-order valence-corrected chi connectivity index (χ2v) is 8.83. The Kier molecular flexibility index (Phi) is 5.56. The number of nitrogens with one attached hydrogen (secondary N) is 1. The lowest BCUT2D eigenvalue weighted by Crippen LogP contribution is -2.61. The third-order valence-electron chi connectivity index (χ3n) is 6.74. The zero-order chi connectivity index (χ0) is 22.1. The number of amides is 1. The van der Waals surface area contributed by atoms with Gasteiger partial charge in [-0.2, -0.15) is 0 Å². The molecule has 32 heavy (non-hydrogen) atoms. The number of carbonyl (C=O) groups excluding carboxylic acids is 1. The van der Waals surface area contributed by atoms with E-state index >= 15 is 0 Å². The van der Waals surface area contributed by atoms with Gasteiger partial charge in [-0.05, 0) is 54.8 Å². The number of rotatable bonds is 4. The van der Waals surface area contributed by atoms with Crippen LogP contribution in [0.1, 0.15) is 16.7 Å². The summed E-state index contributed by atoms with van der Waals surface area (Å²) in [6.07, 6.45) is 0.730. The van der Waals surface area contributed by atoms with E-state index < -0.39 is 0 Å². The summed E-state index contributed by atoms with van der Waals surface area (Å²) >= 11 is 0. The maximum Gasteiger partial charge on any atom is 0.225 e. The van der Waals surface area contributed by atoms with Crippen LogP contribution in [0.3, 0.4) is 0 Å². The Labute approximate surface area is 188 Å². The van der Waals surface area contributed by atoms with Gasteiger partial charge in [0.1, 0.15) is 5.82 Å². The molecule has 3 aromatic carbocycles. The molecule has 1 fully saturated rings. The first kappa shape index (κ1) is 20.6. The molecule has 5 heteroatoms. The van der Waals surface area contributed by atoms with E-state index in [2.05, 4.69) is 70.6 Å². The van der Waals surface area contributed by atoms with Gasteiger partial charge in [-0.15, -0.1) is 0 Å². The third kappa shape index (κ3) is 4.07. The average Bonchev–Trinajstić information content (AvgIpc) is 2.83. The molecule has 0 aromatic heterocycles. The van der Waals surface area contributed by atoms with Crippen LogP contribution in [-0.4, -0.2) is 31.6 Å². The first-order valence-electron chi connectivity index (χ1n) is 11.3. The first-order chi connectivity index (χ1) is 15.6. The highest BCUT2D eigenvalue weighted by molar-refractivity contribution is 5.82. The Balaban J connectivity index is 1.38. The van der Waals surface area contributed by atoms with Gasteiger partial charge in [-0.3, -0.25) is 4.79 Å². The van der Waals surface area contributed by atoms with E-state index in [0.29, 0.717) is 6.54 Å². The quantitative estimate of drug-likeness (QED) is 0.671. The molecule has 1 saturated heterocycles. The van der Waals surface area contributed by atoms with Crippen LogP contribution in [0.15, 0.2) is 72.8 Å². The molecule has 2 aliphatic rings. The highest BCUT2D eigenvalue weighted by Gasteiger charge is 2.41. The highest BCUT2D eigenvalue weighted by Crippen LogP contribution is 2.37. The van der Waals surface area contributed by atoms with E-state index in [1.807, 2.05) is 0 Å². The molecule has 1 N–H and O–H groups in total. The number of carbonyl (C=O) groups is 1. The lowest BCUT2D eigenvalue weighted by atomic mass is 9.83. The van der Waals surface area contributed by atoms with Gasteiger partial charge >= 0.3 is 0 Å². The number of piperazine rings is 1. The maximum absolute atomic E-state index is 13.4. The van der Waals surface area contributed by atoms with Crippen molar-refractivity contribution in [2.24, 2.45) is 5.92 Å². The minimum Gasteiger partial charge on any atom is -0.368 e. The number of aryl methyl sites for hydroxylation is 1. The van der Waals surface area contributed by atoms with Crippen LogP contribution < -0.4 is 15.1 Å². The smallest absolute Gasteiger partial charge is 0.225 e. The summed E-state index contributed by atoms with van der Waals surface area (Å²) in [5.41, 5.74) is 5.84. The number of halogens is 1. The van der Waals surface area contributed by atoms with Crippen LogP contribution in [0.25, 0.3) is 0 Å². The number of hydrogen-bond acceptors (Lipinski definition) is 3. The minimum absolute atomic E-state index is 0.0598. The van der Waals surface area contributed by atoms with Gasteiger partial charge < -0.3 is 15.1 Å². The van der Waals surface area contributed by atoms with Crippen LogP contribution in [0.2, 0.25) is 0 Å². The van der Waals surface area contributed by atoms with Crippen molar-refractivity contribution in [3.8, 4) is 0 Å². The van der Waals surface area contributed by atoms with Crippen LogP contribution in [0.5, 0.6) is 0 Å². The SMILES string of the molecule is Cc1ccc(N2CCN3c4ccccc4CC(C(=O)NCc4ccc(F)cc4)C3C2)cc1. The summed E-state index contributed by atoms with van der Waals surface area (Å²) in [4.78, 5) is 18.2. The lowest BCUT2D eigenvalue weighted by Gasteiger charge is -2.49. The third-order valence-corrected chi connectivity index (χ3v) is 6.74. The number of benzene rings is 3. The second-order valence-electron chi connectivity index (χ2n) is 8.83. The second kappa shape index (κ2) is 8.65. The predicted molar refractivity (Wildman–Crippen MR) is 126 cm³/mol. The summed E-state index contributed by atoms with van der Waals surface area (Å²) in [6, 6.07) is 23.5. The zero-order valence-corrected chi connectivity index (χ0v) is 18.3. The molecule has 0 saturated carbocycles. The van der Waals surface area contributed by atoms with Crippen molar-refractivity contribution in [2.45, 2.75) is 25.9 Å². The fourth-order valence-corrected chi connectivity index (χ4v) is 4.97. The molecule has 2 atom stereocenters. The standard InChI is InChI=1S/C27H28FN3O/c1-19-6-12-23(13-7-19)30-14-15-31-25-5-3-2-4-21(25)16-24(26(31)18-30)27(32)29-17-20-8-10-22(28)11-9-20/h2-13,24,26H,14-18H2,1H3,(H,29,32). The molecule has 0 spiro atoms. The Morgan fingerprint density at radius 3 is 2.53 bits per heavy atom. The molecule has 164 valence electrons. The zero-order valence-electron chi connectivity index (χ0n) is 18.3. The summed E-state index contributed by atoms with van der Waals surface area (Å²) < 4.78 is 13.2. The molecule has 4 nitrogen and oxygen atoms in total. The molecule has 2 heterocycles. The average molecular weight is 430 g/mol. The summed E-state index contributed by atoms with van der Waals surface area (Å²) in [6.45, 7) is 5.13. The van der Waals surface area contributed by atoms with Crippen LogP contribution in [-0.2, 0) is 17.8 Å². The van der Waals surface area contributed by atoms with Gasteiger partial charge in [0.25, 0.3) is 0 Å². The number of para-hydroxylation sites is 1. The van der Waals surface area contributed by atoms with Crippen LogP contribution >= 0.6 is 0 Å². The molecule has 1 amide bonds. The Morgan fingerprint density at radius 1 is 1.00 bits per heavy atom. The molecule has 2 unspecified atom stereocenters. The van der Waals surface area contributed by atoms with E-state index in [0.717, 1.165) is 31.6 Å². The van der Waals surface area contributed by atoms with Gasteiger partial charge in [0.15, 0.2) is 0 Å². The van der Waals surface area contributed by atoms with Crippen LogP contribution in [0, 0.1) is 18.7 Å². The molecule has 2 aliphatic heterocycles. The number of nitrogens with zero attached hydrogens (tertiary/aromatic N) is 2. The van der Waals surface area contributed by atoms with Gasteiger partial charge in [0, 0.05) is 37.6 Å². The van der Waals surface area contributed by atoms with Crippen molar-refractivity contribution >= 4 is 17.3 Å². The van der Waals surface area contributed by atoms with Crippen molar-refractivity contribution < 1.29 is 9.18 Å². The Morgan fingerprint density at radius 2 is 1.75 bits per heavy atom. The first-order valence-corrected chi connectivity index (χ1v) is 11.3. The molecule has 3 aromatic rings. The van der Waals surface area contributed by atoms with E-state index in [1.165, 1.54) is 34.6 Å². The van der Waals surface area contributed by atoms with Crippen molar-refractivity contribution in [3.05, 3.63) is 95.3 Å². The molecule has 0 aliphatic carbocycles. The predicted octanol–water partition coefficient (Wildman–Crippen LogP) is 4.32. The normalized spacial score (nSPS) is 19.8. The van der Waals surface area contributed by atoms with E-state index in [1.54, 1.807) is 12.1 Å². The number of hydrogen-bond donors (Lipinski definition) is 1. The van der Waals surface area contributed by atoms with Crippen LogP contribution in [0.4, 0.5) is 15.8 Å². The Hall–Kier alpha value is -3.34. The molecular weight excluding hydrogens is 401 g/mol. The topological polar surface area (TPSA) is 35.6 Å². The van der Waals surface area contributed by atoms with Crippen molar-refractivity contribution in [1.82, 2.24) is 5.32 Å². The highest BCUT2D eigenvalue weighted by atomic mass is 19.1. The fourth-order valence-electron chi connectivity index (χ4n) is 4.97. The minimum atomic E-state index is -0.266. The number of anilines is 2. The largest absolute Gasteiger partial charge is 0.368 e. The van der Waals surface area contributed by atoms with Gasteiger partial charge in [0.05, 0.1) is 12.0 Å². The number of fused-ring (bicyclic) bond motifs is 3. The monoisotopic (exact) mass is 429 g/mol. The van der Waals surface area contributed by atoms with Gasteiger partial charge in [-0.1, -0.05) is 48.0 Å². The van der Waals surface area contributed by atoms with E-state index in [4.69, 9.17) is 0 Å². The van der Waals surface area contributed by atoms with Gasteiger partial charge in [-0.25, -0.2) is 4.39 Å². The van der Waals surface area contributed by atoms with E-state index in [-0.39, 0.29) is 23.7 Å². The molecule has 5 rings (SSSR count). The van der Waals surface area contributed by atoms with Crippen molar-refractivity contribution in [3.63, 3.8) is 0 Å². The lowest BCUT2D eigenvalue weighted by molar-refractivity contribution is -0.126. The molecule has 0 bridgehead atoms. The summed E-state index contributed by atoms with van der Waals surface area (Å²) in [7, 11) is 0. The van der Waals surface area contributed by atoms with Crippen molar-refractivity contribution in [2.75, 3.05) is 29.4 Å². The van der Waals surface area contributed by atoms with Crippen molar-refractivity contribution in [1.29, 1.82) is 0 Å².